The van der Waals surface area contributed by atoms with Gasteiger partial charge in [-0.1, -0.05) is 52.0 Å². The second kappa shape index (κ2) is 11.1. The molecule has 1 unspecified atom stereocenters. The quantitative estimate of drug-likeness (QED) is 0.531. The van der Waals surface area contributed by atoms with Crippen LogP contribution in [0.25, 0.3) is 0 Å². The number of nitrogens with zero attached hydrogens (tertiary/aromatic N) is 3. The van der Waals surface area contributed by atoms with Crippen LogP contribution in [0.2, 0.25) is 0 Å². The molecule has 1 fully saturated rings. The van der Waals surface area contributed by atoms with Gasteiger partial charge in [-0.3, -0.25) is 14.7 Å². The number of likely N-dealkylation sites (tertiary alicyclic amines) is 1. The molecule has 1 aliphatic rings. The van der Waals surface area contributed by atoms with Crippen LogP contribution in [-0.2, 0) is 17.9 Å². The third kappa shape index (κ3) is 6.51. The molecule has 156 valence electrons. The molecule has 1 aliphatic heterocycles. The van der Waals surface area contributed by atoms with E-state index in [1.165, 1.54) is 11.1 Å². The van der Waals surface area contributed by atoms with E-state index in [0.29, 0.717) is 0 Å². The number of amides is 1. The lowest BCUT2D eigenvalue weighted by Gasteiger charge is -2.21. The van der Waals surface area contributed by atoms with Crippen molar-refractivity contribution in [3.63, 3.8) is 0 Å². The van der Waals surface area contributed by atoms with Crippen LogP contribution in [0.5, 0.6) is 0 Å². The zero-order valence-corrected chi connectivity index (χ0v) is 18.2. The summed E-state index contributed by atoms with van der Waals surface area (Å²) in [7, 11) is 1.79. The standard InChI is InChI=1S/C22H37N5O/c1-6-26(7-2)15-19-10-8-9-18(13-19)14-24-22(23-5)25-20-11-12-27(16-20)21(28)17(3)4/h8-10,13,17,20H,6-7,11-12,14-16H2,1-5H3,(H2,23,24,25). The second-order valence-corrected chi connectivity index (χ2v) is 7.78. The molecule has 0 bridgehead atoms. The highest BCUT2D eigenvalue weighted by molar-refractivity contribution is 5.81. The molecule has 0 aliphatic carbocycles. The molecule has 0 saturated carbocycles. The first-order valence-corrected chi connectivity index (χ1v) is 10.5. The highest BCUT2D eigenvalue weighted by Gasteiger charge is 2.27. The van der Waals surface area contributed by atoms with Crippen LogP contribution in [0.1, 0.15) is 45.2 Å². The predicted molar refractivity (Wildman–Crippen MR) is 116 cm³/mol. The van der Waals surface area contributed by atoms with E-state index < -0.39 is 0 Å². The van der Waals surface area contributed by atoms with Gasteiger partial charge in [0.1, 0.15) is 0 Å². The number of nitrogens with one attached hydrogen (secondary N) is 2. The molecule has 0 radical (unpaired) electrons. The summed E-state index contributed by atoms with van der Waals surface area (Å²) in [5.74, 6) is 1.08. The Labute approximate surface area is 170 Å². The Balaban J connectivity index is 1.85. The van der Waals surface area contributed by atoms with E-state index in [0.717, 1.165) is 51.6 Å². The van der Waals surface area contributed by atoms with Crippen LogP contribution in [0.3, 0.4) is 0 Å². The van der Waals surface area contributed by atoms with Gasteiger partial charge < -0.3 is 15.5 Å². The smallest absolute Gasteiger partial charge is 0.225 e. The van der Waals surface area contributed by atoms with Crippen molar-refractivity contribution in [3.8, 4) is 0 Å². The van der Waals surface area contributed by atoms with Crippen LogP contribution in [-0.4, -0.2) is 60.9 Å². The lowest BCUT2D eigenvalue weighted by molar-refractivity contribution is -0.133. The summed E-state index contributed by atoms with van der Waals surface area (Å²) in [5.41, 5.74) is 2.58. The molecule has 28 heavy (non-hydrogen) atoms. The molecule has 1 atom stereocenters. The van der Waals surface area contributed by atoms with Gasteiger partial charge in [-0.05, 0) is 30.6 Å². The molecule has 6 heteroatoms. The zero-order chi connectivity index (χ0) is 20.5. The predicted octanol–water partition coefficient (Wildman–Crippen LogP) is 2.45. The number of guanidine groups is 1. The third-order valence-electron chi connectivity index (χ3n) is 5.31. The number of carbonyl (C=O) groups is 1. The average molecular weight is 388 g/mol. The van der Waals surface area contributed by atoms with Gasteiger partial charge in [0, 0.05) is 45.2 Å². The summed E-state index contributed by atoms with van der Waals surface area (Å²) in [6, 6.07) is 8.97. The minimum Gasteiger partial charge on any atom is -0.352 e. The molecule has 1 heterocycles. The highest BCUT2D eigenvalue weighted by Crippen LogP contribution is 2.13. The Morgan fingerprint density at radius 1 is 1.29 bits per heavy atom. The highest BCUT2D eigenvalue weighted by atomic mass is 16.2. The molecule has 0 spiro atoms. The Morgan fingerprint density at radius 3 is 2.64 bits per heavy atom. The van der Waals surface area contributed by atoms with Crippen molar-refractivity contribution in [2.24, 2.45) is 10.9 Å². The first-order valence-electron chi connectivity index (χ1n) is 10.5. The summed E-state index contributed by atoms with van der Waals surface area (Å²) >= 11 is 0. The molecule has 0 aromatic heterocycles. The SMILES string of the molecule is CCN(CC)Cc1cccc(CNC(=NC)NC2CCN(C(=O)C(C)C)C2)c1. The van der Waals surface area contributed by atoms with Crippen molar-refractivity contribution in [1.82, 2.24) is 20.4 Å². The maximum atomic E-state index is 12.2. The Hall–Kier alpha value is -2.08. The lowest BCUT2D eigenvalue weighted by atomic mass is 10.1. The van der Waals surface area contributed by atoms with Crippen LogP contribution in [0, 0.1) is 5.92 Å². The molecule has 1 saturated heterocycles. The Morgan fingerprint density at radius 2 is 2.00 bits per heavy atom. The maximum absolute atomic E-state index is 12.2. The van der Waals surface area contributed by atoms with E-state index >= 15 is 0 Å². The molecular formula is C22H37N5O. The van der Waals surface area contributed by atoms with Crippen molar-refractivity contribution in [3.05, 3.63) is 35.4 Å². The number of benzene rings is 1. The molecule has 1 amide bonds. The first kappa shape index (κ1) is 22.2. The molecule has 1 aromatic carbocycles. The van der Waals surface area contributed by atoms with Gasteiger partial charge >= 0.3 is 0 Å². The Bertz CT molecular complexity index is 654. The van der Waals surface area contributed by atoms with Crippen molar-refractivity contribution < 1.29 is 4.79 Å². The van der Waals surface area contributed by atoms with Crippen molar-refractivity contribution in [1.29, 1.82) is 0 Å². The van der Waals surface area contributed by atoms with Crippen molar-refractivity contribution in [2.75, 3.05) is 33.2 Å². The number of hydrogen-bond donors (Lipinski definition) is 2. The van der Waals surface area contributed by atoms with Crippen LogP contribution >= 0.6 is 0 Å². The van der Waals surface area contributed by atoms with Gasteiger partial charge in [0.05, 0.1) is 0 Å². The van der Waals surface area contributed by atoms with Crippen molar-refractivity contribution in [2.45, 2.75) is 53.2 Å². The van der Waals surface area contributed by atoms with E-state index in [-0.39, 0.29) is 17.9 Å². The largest absolute Gasteiger partial charge is 0.352 e. The van der Waals surface area contributed by atoms with E-state index in [9.17, 15) is 4.79 Å². The van der Waals surface area contributed by atoms with E-state index in [2.05, 4.69) is 58.6 Å². The third-order valence-corrected chi connectivity index (χ3v) is 5.31. The normalized spacial score (nSPS) is 17.5. The van der Waals surface area contributed by atoms with E-state index in [1.807, 2.05) is 18.7 Å². The molecule has 6 nitrogen and oxygen atoms in total. The van der Waals surface area contributed by atoms with Crippen LogP contribution in [0.4, 0.5) is 0 Å². The summed E-state index contributed by atoms with van der Waals surface area (Å²) in [6.07, 6.45) is 0.957. The molecule has 2 N–H and O–H groups in total. The lowest BCUT2D eigenvalue weighted by Crippen LogP contribution is -2.45. The number of hydrogen-bond acceptors (Lipinski definition) is 3. The van der Waals surface area contributed by atoms with Gasteiger partial charge in [0.25, 0.3) is 0 Å². The maximum Gasteiger partial charge on any atom is 0.225 e. The summed E-state index contributed by atoms with van der Waals surface area (Å²) in [6.45, 7) is 13.7. The fraction of sp³-hybridized carbons (Fsp3) is 0.636. The van der Waals surface area contributed by atoms with Crippen molar-refractivity contribution >= 4 is 11.9 Å². The van der Waals surface area contributed by atoms with E-state index in [1.54, 1.807) is 7.05 Å². The number of carbonyl (C=O) groups excluding carboxylic acids is 1. The second-order valence-electron chi connectivity index (χ2n) is 7.78. The summed E-state index contributed by atoms with van der Waals surface area (Å²) in [4.78, 5) is 20.9. The van der Waals surface area contributed by atoms with Crippen LogP contribution in [0.15, 0.2) is 29.3 Å². The minimum absolute atomic E-state index is 0.0554. The summed E-state index contributed by atoms with van der Waals surface area (Å²) < 4.78 is 0. The van der Waals surface area contributed by atoms with Gasteiger partial charge in [-0.25, -0.2) is 0 Å². The number of aliphatic imine (C=N–C) groups is 1. The van der Waals surface area contributed by atoms with Gasteiger partial charge in [0.2, 0.25) is 5.91 Å². The fourth-order valence-electron chi connectivity index (χ4n) is 3.56. The zero-order valence-electron chi connectivity index (χ0n) is 18.2. The summed E-state index contributed by atoms with van der Waals surface area (Å²) in [5, 5.41) is 6.87. The molecular weight excluding hydrogens is 350 g/mol. The topological polar surface area (TPSA) is 60.0 Å². The minimum atomic E-state index is 0.0554. The first-order chi connectivity index (χ1) is 13.5. The molecule has 2 rings (SSSR count). The fourth-order valence-corrected chi connectivity index (χ4v) is 3.56. The molecule has 1 aromatic rings. The monoisotopic (exact) mass is 387 g/mol. The van der Waals surface area contributed by atoms with Gasteiger partial charge in [-0.2, -0.15) is 0 Å². The Kier molecular flexibility index (Phi) is 8.77. The average Bonchev–Trinajstić information content (AvgIpc) is 3.17. The van der Waals surface area contributed by atoms with Crippen LogP contribution < -0.4 is 10.6 Å². The number of rotatable bonds is 8. The van der Waals surface area contributed by atoms with E-state index in [4.69, 9.17) is 0 Å². The van der Waals surface area contributed by atoms with Gasteiger partial charge in [-0.15, -0.1) is 0 Å². The van der Waals surface area contributed by atoms with Gasteiger partial charge in [0.15, 0.2) is 5.96 Å².